The number of aliphatic imine (C=N–C) groups is 1. The number of aryl methyl sites for hydroxylation is 1. The molecule has 0 saturated carbocycles. The first-order valence-electron chi connectivity index (χ1n) is 7.58. The summed E-state index contributed by atoms with van der Waals surface area (Å²) in [5.74, 6) is 2.95. The van der Waals surface area contributed by atoms with E-state index in [-0.39, 0.29) is 0 Å². The molecule has 0 unspecified atom stereocenters. The Kier molecular flexibility index (Phi) is 6.40. The Balaban J connectivity index is 1.69. The van der Waals surface area contributed by atoms with Crippen molar-refractivity contribution in [1.82, 2.24) is 20.4 Å². The van der Waals surface area contributed by atoms with Crippen molar-refractivity contribution < 1.29 is 9.26 Å². The lowest BCUT2D eigenvalue weighted by Crippen LogP contribution is -2.41. The SMILES string of the molecule is CN=C(NCCc1nc(C)no1)N(C)CCOc1ccccc1. The van der Waals surface area contributed by atoms with Gasteiger partial charge < -0.3 is 19.5 Å². The molecule has 1 aromatic heterocycles. The molecule has 0 radical (unpaired) electrons. The zero-order valence-corrected chi connectivity index (χ0v) is 13.8. The molecule has 1 N–H and O–H groups in total. The molecule has 1 aromatic carbocycles. The van der Waals surface area contributed by atoms with Crippen molar-refractivity contribution >= 4 is 5.96 Å². The van der Waals surface area contributed by atoms with Crippen LogP contribution in [-0.2, 0) is 6.42 Å². The molecule has 2 aromatic rings. The van der Waals surface area contributed by atoms with Crippen LogP contribution in [0.15, 0.2) is 39.8 Å². The zero-order valence-electron chi connectivity index (χ0n) is 13.8. The number of rotatable bonds is 7. The van der Waals surface area contributed by atoms with Gasteiger partial charge in [-0.2, -0.15) is 4.98 Å². The highest BCUT2D eigenvalue weighted by molar-refractivity contribution is 5.79. The lowest BCUT2D eigenvalue weighted by atomic mass is 10.3. The number of aromatic nitrogens is 2. The molecule has 7 heteroatoms. The van der Waals surface area contributed by atoms with E-state index in [0.717, 1.165) is 18.3 Å². The number of guanidine groups is 1. The number of nitrogens with zero attached hydrogens (tertiary/aromatic N) is 4. The van der Waals surface area contributed by atoms with Gasteiger partial charge in [0.25, 0.3) is 0 Å². The Morgan fingerprint density at radius 1 is 1.35 bits per heavy atom. The normalized spacial score (nSPS) is 11.3. The third kappa shape index (κ3) is 5.61. The topological polar surface area (TPSA) is 75.8 Å². The number of nitrogens with one attached hydrogen (secondary N) is 1. The minimum atomic E-state index is 0.587. The molecular formula is C16H23N5O2. The second kappa shape index (κ2) is 8.77. The van der Waals surface area contributed by atoms with E-state index in [9.17, 15) is 0 Å². The van der Waals surface area contributed by atoms with Gasteiger partial charge >= 0.3 is 0 Å². The minimum absolute atomic E-state index is 0.587. The maximum absolute atomic E-state index is 5.69. The van der Waals surface area contributed by atoms with Gasteiger partial charge in [-0.1, -0.05) is 23.4 Å². The summed E-state index contributed by atoms with van der Waals surface area (Å²) in [5.41, 5.74) is 0. The first kappa shape index (κ1) is 16.8. The predicted octanol–water partition coefficient (Wildman–Crippen LogP) is 1.51. The van der Waals surface area contributed by atoms with Gasteiger partial charge in [-0.05, 0) is 19.1 Å². The van der Waals surface area contributed by atoms with Crippen molar-refractivity contribution in [2.45, 2.75) is 13.3 Å². The van der Waals surface area contributed by atoms with Gasteiger partial charge in [-0.25, -0.2) is 0 Å². The zero-order chi connectivity index (χ0) is 16.5. The highest BCUT2D eigenvalue weighted by Gasteiger charge is 2.07. The standard InChI is InChI=1S/C16H23N5O2/c1-13-19-15(23-20-13)9-10-18-16(17-2)21(3)11-12-22-14-7-5-4-6-8-14/h4-8H,9-12H2,1-3H3,(H,17,18). The predicted molar refractivity (Wildman–Crippen MR) is 88.7 cm³/mol. The molecule has 0 aliphatic heterocycles. The van der Waals surface area contributed by atoms with Crippen LogP contribution in [0.1, 0.15) is 11.7 Å². The van der Waals surface area contributed by atoms with E-state index in [1.807, 2.05) is 42.3 Å². The molecule has 0 spiro atoms. The first-order chi connectivity index (χ1) is 11.2. The highest BCUT2D eigenvalue weighted by atomic mass is 16.5. The summed E-state index contributed by atoms with van der Waals surface area (Å²) in [6.07, 6.45) is 0.661. The van der Waals surface area contributed by atoms with E-state index in [2.05, 4.69) is 20.4 Å². The van der Waals surface area contributed by atoms with Crippen LogP contribution in [0.5, 0.6) is 5.75 Å². The second-order valence-electron chi connectivity index (χ2n) is 5.04. The fourth-order valence-electron chi connectivity index (χ4n) is 2.03. The largest absolute Gasteiger partial charge is 0.492 e. The van der Waals surface area contributed by atoms with Gasteiger partial charge in [0, 0.05) is 27.1 Å². The molecule has 0 bridgehead atoms. The first-order valence-corrected chi connectivity index (χ1v) is 7.58. The summed E-state index contributed by atoms with van der Waals surface area (Å²) >= 11 is 0. The van der Waals surface area contributed by atoms with Crippen molar-refractivity contribution in [3.05, 3.63) is 42.0 Å². The number of benzene rings is 1. The fraction of sp³-hybridized carbons (Fsp3) is 0.438. The molecule has 2 rings (SSSR count). The second-order valence-corrected chi connectivity index (χ2v) is 5.04. The summed E-state index contributed by atoms with van der Waals surface area (Å²) in [6.45, 7) is 3.80. The van der Waals surface area contributed by atoms with E-state index < -0.39 is 0 Å². The average molecular weight is 317 g/mol. The number of hydrogen-bond donors (Lipinski definition) is 1. The number of hydrogen-bond acceptors (Lipinski definition) is 5. The molecule has 0 atom stereocenters. The summed E-state index contributed by atoms with van der Waals surface area (Å²) < 4.78 is 10.8. The van der Waals surface area contributed by atoms with Crippen LogP contribution in [0.3, 0.4) is 0 Å². The number of para-hydroxylation sites is 1. The van der Waals surface area contributed by atoms with Crippen molar-refractivity contribution in [3.63, 3.8) is 0 Å². The Morgan fingerprint density at radius 2 is 2.13 bits per heavy atom. The Bertz CT molecular complexity index is 612. The Hall–Kier alpha value is -2.57. The van der Waals surface area contributed by atoms with E-state index in [4.69, 9.17) is 9.26 Å². The summed E-state index contributed by atoms with van der Waals surface area (Å²) in [5, 5.41) is 7.04. The third-order valence-electron chi connectivity index (χ3n) is 3.20. The molecule has 7 nitrogen and oxygen atoms in total. The molecule has 124 valence electrons. The van der Waals surface area contributed by atoms with Crippen molar-refractivity contribution in [1.29, 1.82) is 0 Å². The van der Waals surface area contributed by atoms with E-state index in [0.29, 0.717) is 31.3 Å². The summed E-state index contributed by atoms with van der Waals surface area (Å²) in [6, 6.07) is 9.77. The summed E-state index contributed by atoms with van der Waals surface area (Å²) in [4.78, 5) is 10.4. The molecule has 0 saturated heterocycles. The number of ether oxygens (including phenoxy) is 1. The molecule has 0 aliphatic rings. The third-order valence-corrected chi connectivity index (χ3v) is 3.20. The van der Waals surface area contributed by atoms with Crippen LogP contribution in [0.2, 0.25) is 0 Å². The lowest BCUT2D eigenvalue weighted by molar-refractivity contribution is 0.281. The van der Waals surface area contributed by atoms with E-state index in [1.165, 1.54) is 0 Å². The average Bonchev–Trinajstić information content (AvgIpc) is 2.98. The Labute approximate surface area is 136 Å². The smallest absolute Gasteiger partial charge is 0.228 e. The van der Waals surface area contributed by atoms with Crippen molar-refractivity contribution in [2.24, 2.45) is 4.99 Å². The maximum atomic E-state index is 5.69. The Morgan fingerprint density at radius 3 is 2.78 bits per heavy atom. The van der Waals surface area contributed by atoms with Gasteiger partial charge in [0.05, 0.1) is 6.54 Å². The lowest BCUT2D eigenvalue weighted by Gasteiger charge is -2.21. The van der Waals surface area contributed by atoms with Crippen LogP contribution >= 0.6 is 0 Å². The minimum Gasteiger partial charge on any atom is -0.492 e. The quantitative estimate of drug-likeness (QED) is 0.616. The molecule has 0 aliphatic carbocycles. The van der Waals surface area contributed by atoms with Crippen LogP contribution in [0.4, 0.5) is 0 Å². The van der Waals surface area contributed by atoms with Gasteiger partial charge in [-0.3, -0.25) is 4.99 Å². The molecule has 23 heavy (non-hydrogen) atoms. The van der Waals surface area contributed by atoms with Gasteiger partial charge in [0.2, 0.25) is 5.89 Å². The van der Waals surface area contributed by atoms with Gasteiger partial charge in [-0.15, -0.1) is 0 Å². The molecule has 1 heterocycles. The van der Waals surface area contributed by atoms with Crippen LogP contribution in [0.25, 0.3) is 0 Å². The maximum Gasteiger partial charge on any atom is 0.228 e. The van der Waals surface area contributed by atoms with Crippen molar-refractivity contribution in [3.8, 4) is 5.75 Å². The monoisotopic (exact) mass is 317 g/mol. The van der Waals surface area contributed by atoms with Crippen LogP contribution in [-0.4, -0.2) is 54.8 Å². The molecule has 0 fully saturated rings. The van der Waals surface area contributed by atoms with E-state index >= 15 is 0 Å². The fourth-order valence-corrected chi connectivity index (χ4v) is 2.03. The van der Waals surface area contributed by atoms with Gasteiger partial charge in [0.1, 0.15) is 12.4 Å². The number of likely N-dealkylation sites (N-methyl/N-ethyl adjacent to an activating group) is 1. The van der Waals surface area contributed by atoms with Crippen LogP contribution < -0.4 is 10.1 Å². The van der Waals surface area contributed by atoms with E-state index in [1.54, 1.807) is 14.0 Å². The molecule has 0 amide bonds. The molecular weight excluding hydrogens is 294 g/mol. The van der Waals surface area contributed by atoms with Crippen molar-refractivity contribution in [2.75, 3.05) is 33.8 Å². The van der Waals surface area contributed by atoms with Crippen LogP contribution in [0, 0.1) is 6.92 Å². The summed E-state index contributed by atoms with van der Waals surface area (Å²) in [7, 11) is 3.73. The van der Waals surface area contributed by atoms with Gasteiger partial charge in [0.15, 0.2) is 11.8 Å². The highest BCUT2D eigenvalue weighted by Crippen LogP contribution is 2.07.